The molecular formula is C14H25N3OS. The molecule has 108 valence electrons. The van der Waals surface area contributed by atoms with Gasteiger partial charge in [-0.15, -0.1) is 0 Å². The van der Waals surface area contributed by atoms with Crippen molar-refractivity contribution >= 4 is 23.2 Å². The van der Waals surface area contributed by atoms with E-state index in [2.05, 4.69) is 16.2 Å². The number of hydrazine groups is 1. The van der Waals surface area contributed by atoms with E-state index in [4.69, 9.17) is 12.2 Å². The monoisotopic (exact) mass is 283 g/mol. The van der Waals surface area contributed by atoms with Gasteiger partial charge in [0.2, 0.25) is 5.91 Å². The van der Waals surface area contributed by atoms with Gasteiger partial charge in [-0.1, -0.05) is 38.5 Å². The molecule has 3 N–H and O–H groups in total. The minimum absolute atomic E-state index is 0.0440. The SMILES string of the molecule is O=C(CCC1CCCC1)NNC(=S)NC1CCCC1. The van der Waals surface area contributed by atoms with E-state index in [9.17, 15) is 4.79 Å². The third-order valence-electron chi connectivity index (χ3n) is 4.26. The molecule has 2 aliphatic rings. The lowest BCUT2D eigenvalue weighted by atomic mass is 10.0. The van der Waals surface area contributed by atoms with E-state index in [0.717, 1.165) is 12.3 Å². The van der Waals surface area contributed by atoms with E-state index in [1.54, 1.807) is 0 Å². The second kappa shape index (κ2) is 7.68. The lowest BCUT2D eigenvalue weighted by molar-refractivity contribution is -0.121. The third kappa shape index (κ3) is 5.35. The first-order chi connectivity index (χ1) is 9.24. The van der Waals surface area contributed by atoms with Crippen LogP contribution in [-0.2, 0) is 4.79 Å². The van der Waals surface area contributed by atoms with Gasteiger partial charge >= 0.3 is 0 Å². The fourth-order valence-electron chi connectivity index (χ4n) is 3.11. The molecule has 0 heterocycles. The van der Waals surface area contributed by atoms with Crippen LogP contribution in [-0.4, -0.2) is 17.1 Å². The molecule has 0 aromatic carbocycles. The third-order valence-corrected chi connectivity index (χ3v) is 4.48. The average molecular weight is 283 g/mol. The van der Waals surface area contributed by atoms with Gasteiger partial charge in [0, 0.05) is 12.5 Å². The number of rotatable bonds is 4. The number of nitrogens with one attached hydrogen (secondary N) is 3. The molecule has 0 aromatic heterocycles. The first-order valence-corrected chi connectivity index (χ1v) is 8.00. The summed E-state index contributed by atoms with van der Waals surface area (Å²) in [5.41, 5.74) is 5.49. The molecule has 0 saturated heterocycles. The maximum atomic E-state index is 11.7. The Morgan fingerprint density at radius 3 is 2.32 bits per heavy atom. The zero-order chi connectivity index (χ0) is 13.5. The number of thiocarbonyl (C=S) groups is 1. The fraction of sp³-hybridized carbons (Fsp3) is 0.857. The van der Waals surface area contributed by atoms with Crippen LogP contribution in [0.1, 0.15) is 64.2 Å². The van der Waals surface area contributed by atoms with E-state index in [-0.39, 0.29) is 5.91 Å². The van der Waals surface area contributed by atoms with Crippen molar-refractivity contribution in [2.75, 3.05) is 0 Å². The molecule has 2 saturated carbocycles. The molecule has 2 fully saturated rings. The Morgan fingerprint density at radius 2 is 1.63 bits per heavy atom. The van der Waals surface area contributed by atoms with Crippen LogP contribution in [0.15, 0.2) is 0 Å². The van der Waals surface area contributed by atoms with Crippen molar-refractivity contribution in [1.82, 2.24) is 16.2 Å². The van der Waals surface area contributed by atoms with E-state index in [1.165, 1.54) is 51.4 Å². The maximum absolute atomic E-state index is 11.7. The molecule has 2 rings (SSSR count). The van der Waals surface area contributed by atoms with Gasteiger partial charge in [-0.3, -0.25) is 15.6 Å². The zero-order valence-electron chi connectivity index (χ0n) is 11.5. The van der Waals surface area contributed by atoms with Gasteiger partial charge in [0.05, 0.1) is 0 Å². The van der Waals surface area contributed by atoms with Gasteiger partial charge < -0.3 is 5.32 Å². The Hall–Kier alpha value is -0.840. The molecular weight excluding hydrogens is 258 g/mol. The molecule has 0 spiro atoms. The fourth-order valence-corrected chi connectivity index (χ4v) is 3.33. The Kier molecular flexibility index (Phi) is 5.89. The summed E-state index contributed by atoms with van der Waals surface area (Å²) in [4.78, 5) is 11.7. The Balaban J connectivity index is 1.53. The van der Waals surface area contributed by atoms with Crippen LogP contribution in [0.4, 0.5) is 0 Å². The van der Waals surface area contributed by atoms with Gasteiger partial charge in [-0.25, -0.2) is 0 Å². The average Bonchev–Trinajstić information content (AvgIpc) is 3.06. The predicted octanol–water partition coefficient (Wildman–Crippen LogP) is 2.39. The summed E-state index contributed by atoms with van der Waals surface area (Å²) in [6, 6.07) is 0.482. The lowest BCUT2D eigenvalue weighted by Gasteiger charge is -2.16. The Labute approximate surface area is 121 Å². The highest BCUT2D eigenvalue weighted by atomic mass is 32.1. The van der Waals surface area contributed by atoms with Crippen LogP contribution < -0.4 is 16.2 Å². The number of carbonyl (C=O) groups is 1. The van der Waals surface area contributed by atoms with Gasteiger partial charge in [0.15, 0.2) is 5.11 Å². The van der Waals surface area contributed by atoms with E-state index < -0.39 is 0 Å². The van der Waals surface area contributed by atoms with Gasteiger partial charge in [0.1, 0.15) is 0 Å². The second-order valence-corrected chi connectivity index (χ2v) is 6.23. The molecule has 0 unspecified atom stereocenters. The van der Waals surface area contributed by atoms with Crippen molar-refractivity contribution < 1.29 is 4.79 Å². The smallest absolute Gasteiger partial charge is 0.238 e. The number of amides is 1. The second-order valence-electron chi connectivity index (χ2n) is 5.82. The molecule has 0 atom stereocenters. The summed E-state index contributed by atoms with van der Waals surface area (Å²) < 4.78 is 0. The van der Waals surface area contributed by atoms with Crippen LogP contribution in [0.2, 0.25) is 0 Å². The minimum Gasteiger partial charge on any atom is -0.359 e. The number of carbonyl (C=O) groups excluding carboxylic acids is 1. The summed E-state index contributed by atoms with van der Waals surface area (Å²) in [5, 5.41) is 3.78. The van der Waals surface area contributed by atoms with Gasteiger partial charge in [-0.05, 0) is 37.4 Å². The summed E-state index contributed by atoms with van der Waals surface area (Å²) >= 11 is 5.16. The van der Waals surface area contributed by atoms with Crippen LogP contribution >= 0.6 is 12.2 Å². The summed E-state index contributed by atoms with van der Waals surface area (Å²) in [6.07, 6.45) is 11.8. The number of hydrogen-bond donors (Lipinski definition) is 3. The molecule has 4 nitrogen and oxygen atoms in total. The van der Waals surface area contributed by atoms with E-state index in [1.807, 2.05) is 0 Å². The summed E-state index contributed by atoms with van der Waals surface area (Å²) in [6.45, 7) is 0. The molecule has 0 bridgehead atoms. The van der Waals surface area contributed by atoms with Crippen LogP contribution in [0.3, 0.4) is 0 Å². The Morgan fingerprint density at radius 1 is 1.00 bits per heavy atom. The quantitative estimate of drug-likeness (QED) is 0.548. The van der Waals surface area contributed by atoms with Crippen molar-refractivity contribution in [2.24, 2.45) is 5.92 Å². The van der Waals surface area contributed by atoms with E-state index in [0.29, 0.717) is 17.6 Å². The largest absolute Gasteiger partial charge is 0.359 e. The van der Waals surface area contributed by atoms with Crippen molar-refractivity contribution in [3.63, 3.8) is 0 Å². The first-order valence-electron chi connectivity index (χ1n) is 7.59. The lowest BCUT2D eigenvalue weighted by Crippen LogP contribution is -2.49. The summed E-state index contributed by atoms with van der Waals surface area (Å²) in [5.74, 6) is 0.803. The topological polar surface area (TPSA) is 53.2 Å². The first kappa shape index (κ1) is 14.6. The zero-order valence-corrected chi connectivity index (χ0v) is 12.4. The van der Waals surface area contributed by atoms with Crippen molar-refractivity contribution in [3.05, 3.63) is 0 Å². The van der Waals surface area contributed by atoms with Crippen molar-refractivity contribution in [3.8, 4) is 0 Å². The standard InChI is InChI=1S/C14H25N3OS/c18-13(10-9-11-5-1-2-6-11)16-17-14(19)15-12-7-3-4-8-12/h11-12H,1-10H2,(H,16,18)(H2,15,17,19). The highest BCUT2D eigenvalue weighted by Gasteiger charge is 2.17. The molecule has 0 radical (unpaired) electrons. The van der Waals surface area contributed by atoms with Crippen molar-refractivity contribution in [2.45, 2.75) is 70.3 Å². The normalized spacial score (nSPS) is 20.4. The molecule has 19 heavy (non-hydrogen) atoms. The predicted molar refractivity (Wildman–Crippen MR) is 80.5 cm³/mol. The molecule has 0 aliphatic heterocycles. The summed E-state index contributed by atoms with van der Waals surface area (Å²) in [7, 11) is 0. The van der Waals surface area contributed by atoms with Crippen molar-refractivity contribution in [1.29, 1.82) is 0 Å². The molecule has 0 aromatic rings. The highest BCUT2D eigenvalue weighted by Crippen LogP contribution is 2.28. The van der Waals surface area contributed by atoms with E-state index >= 15 is 0 Å². The highest BCUT2D eigenvalue weighted by molar-refractivity contribution is 7.80. The maximum Gasteiger partial charge on any atom is 0.238 e. The van der Waals surface area contributed by atoms with Crippen LogP contribution in [0, 0.1) is 5.92 Å². The van der Waals surface area contributed by atoms with Crippen LogP contribution in [0.5, 0.6) is 0 Å². The van der Waals surface area contributed by atoms with Crippen LogP contribution in [0.25, 0.3) is 0 Å². The molecule has 2 aliphatic carbocycles. The molecule has 1 amide bonds. The molecule has 5 heteroatoms. The Bertz CT molecular complexity index is 310. The number of hydrogen-bond acceptors (Lipinski definition) is 2. The van der Waals surface area contributed by atoms with Gasteiger partial charge in [0.25, 0.3) is 0 Å². The minimum atomic E-state index is 0.0440. The van der Waals surface area contributed by atoms with Gasteiger partial charge in [-0.2, -0.15) is 0 Å².